The Morgan fingerprint density at radius 3 is 2.47 bits per heavy atom. The van der Waals surface area contributed by atoms with Crippen molar-refractivity contribution < 1.29 is 0 Å². The van der Waals surface area contributed by atoms with E-state index >= 15 is 0 Å². The zero-order valence-electron chi connectivity index (χ0n) is 10.7. The zero-order valence-corrected chi connectivity index (χ0v) is 10.7. The highest BCUT2D eigenvalue weighted by Crippen LogP contribution is 2.18. The molecule has 1 unspecified atom stereocenters. The Kier molecular flexibility index (Phi) is 6.60. The number of rotatable bonds is 8. The lowest BCUT2D eigenvalue weighted by atomic mass is 10.0. The van der Waals surface area contributed by atoms with Crippen LogP contribution in [0, 0.1) is 6.92 Å². The Balaban J connectivity index is 2.42. The molecule has 0 aliphatic rings. The van der Waals surface area contributed by atoms with Crippen molar-refractivity contribution in [2.45, 2.75) is 19.4 Å². The van der Waals surface area contributed by atoms with Crippen LogP contribution in [0.4, 0.5) is 0 Å². The molecular formula is C15H23N2. The van der Waals surface area contributed by atoms with E-state index in [1.165, 1.54) is 5.56 Å². The average molecular weight is 231 g/mol. The highest BCUT2D eigenvalue weighted by molar-refractivity contribution is 5.25. The number of benzene rings is 1. The minimum absolute atomic E-state index is 0.248. The maximum atomic E-state index is 4.05. The van der Waals surface area contributed by atoms with Crippen LogP contribution in [-0.4, -0.2) is 19.6 Å². The molecule has 0 bridgehead atoms. The first-order valence-electron chi connectivity index (χ1n) is 6.19. The van der Waals surface area contributed by atoms with Crippen LogP contribution in [-0.2, 0) is 0 Å². The van der Waals surface area contributed by atoms with Crippen molar-refractivity contribution in [1.82, 2.24) is 10.6 Å². The fourth-order valence-corrected chi connectivity index (χ4v) is 1.78. The predicted molar refractivity (Wildman–Crippen MR) is 74.8 cm³/mol. The van der Waals surface area contributed by atoms with Crippen LogP contribution in [0.2, 0.25) is 0 Å². The van der Waals surface area contributed by atoms with Gasteiger partial charge in [0.15, 0.2) is 0 Å². The van der Waals surface area contributed by atoms with Crippen molar-refractivity contribution in [1.29, 1.82) is 0 Å². The van der Waals surface area contributed by atoms with E-state index in [-0.39, 0.29) is 6.04 Å². The zero-order chi connectivity index (χ0) is 12.5. The summed E-state index contributed by atoms with van der Waals surface area (Å²) in [6.07, 6.45) is 0.933. The van der Waals surface area contributed by atoms with E-state index in [1.807, 2.05) is 6.07 Å². The van der Waals surface area contributed by atoms with Crippen molar-refractivity contribution in [2.75, 3.05) is 19.6 Å². The van der Waals surface area contributed by atoms with Gasteiger partial charge in [-0.3, -0.25) is 0 Å². The number of hydrogen-bond donors (Lipinski definition) is 2. The molecule has 2 heteroatoms. The molecule has 1 aromatic rings. The van der Waals surface area contributed by atoms with Gasteiger partial charge in [0.1, 0.15) is 0 Å². The van der Waals surface area contributed by atoms with Crippen LogP contribution in [0.1, 0.15) is 24.9 Å². The fourth-order valence-electron chi connectivity index (χ4n) is 1.78. The van der Waals surface area contributed by atoms with E-state index in [4.69, 9.17) is 0 Å². The van der Waals surface area contributed by atoms with Crippen molar-refractivity contribution in [3.63, 3.8) is 0 Å². The van der Waals surface area contributed by atoms with Crippen molar-refractivity contribution in [2.24, 2.45) is 0 Å². The SMILES string of the molecule is [CH2]CCNCCNC(C(=C)C)c1ccccc1. The number of nitrogens with one attached hydrogen (secondary N) is 2. The molecule has 2 nitrogen and oxygen atoms in total. The quantitative estimate of drug-likeness (QED) is 0.531. The summed E-state index contributed by atoms with van der Waals surface area (Å²) in [6, 6.07) is 10.7. The van der Waals surface area contributed by atoms with Gasteiger partial charge in [-0.05, 0) is 25.5 Å². The van der Waals surface area contributed by atoms with E-state index in [1.54, 1.807) is 0 Å². The second-order valence-corrected chi connectivity index (χ2v) is 4.25. The summed E-state index contributed by atoms with van der Waals surface area (Å²) in [6.45, 7) is 12.8. The Labute approximate surface area is 105 Å². The van der Waals surface area contributed by atoms with E-state index in [0.29, 0.717) is 0 Å². The molecule has 0 aliphatic carbocycles. The second-order valence-electron chi connectivity index (χ2n) is 4.25. The Bertz CT molecular complexity index is 319. The molecular weight excluding hydrogens is 208 g/mol. The summed E-state index contributed by atoms with van der Waals surface area (Å²) < 4.78 is 0. The molecule has 0 saturated carbocycles. The van der Waals surface area contributed by atoms with Crippen LogP contribution >= 0.6 is 0 Å². The first kappa shape index (κ1) is 13.9. The van der Waals surface area contributed by atoms with Gasteiger partial charge in [0, 0.05) is 13.1 Å². The third kappa shape index (κ3) is 5.16. The van der Waals surface area contributed by atoms with Crippen molar-refractivity contribution in [3.8, 4) is 0 Å². The highest BCUT2D eigenvalue weighted by atomic mass is 15.0. The van der Waals surface area contributed by atoms with Gasteiger partial charge in [-0.2, -0.15) is 0 Å². The van der Waals surface area contributed by atoms with Crippen LogP contribution < -0.4 is 10.6 Å². The maximum Gasteiger partial charge on any atom is 0.0531 e. The fraction of sp³-hybridized carbons (Fsp3) is 0.400. The molecule has 0 fully saturated rings. The van der Waals surface area contributed by atoms with Gasteiger partial charge < -0.3 is 10.6 Å². The molecule has 1 radical (unpaired) electrons. The van der Waals surface area contributed by atoms with Gasteiger partial charge in [0.2, 0.25) is 0 Å². The van der Waals surface area contributed by atoms with E-state index in [9.17, 15) is 0 Å². The molecule has 17 heavy (non-hydrogen) atoms. The van der Waals surface area contributed by atoms with Crippen LogP contribution in [0.5, 0.6) is 0 Å². The molecule has 0 aromatic heterocycles. The van der Waals surface area contributed by atoms with Gasteiger partial charge in [-0.25, -0.2) is 0 Å². The smallest absolute Gasteiger partial charge is 0.0531 e. The van der Waals surface area contributed by atoms with Crippen LogP contribution in [0.25, 0.3) is 0 Å². The van der Waals surface area contributed by atoms with Crippen LogP contribution in [0.15, 0.2) is 42.5 Å². The topological polar surface area (TPSA) is 24.1 Å². The van der Waals surface area contributed by atoms with Crippen molar-refractivity contribution >= 4 is 0 Å². The van der Waals surface area contributed by atoms with Gasteiger partial charge in [-0.15, -0.1) is 0 Å². The average Bonchev–Trinajstić information content (AvgIpc) is 2.34. The predicted octanol–water partition coefficient (Wildman–Crippen LogP) is 2.71. The normalized spacial score (nSPS) is 12.4. The lowest BCUT2D eigenvalue weighted by molar-refractivity contribution is 0.563. The Hall–Kier alpha value is -1.12. The second kappa shape index (κ2) is 8.04. The molecule has 0 amide bonds. The molecule has 0 aliphatic heterocycles. The molecule has 1 rings (SSSR count). The largest absolute Gasteiger partial charge is 0.315 e. The molecule has 0 saturated heterocycles. The lowest BCUT2D eigenvalue weighted by Gasteiger charge is -2.19. The minimum Gasteiger partial charge on any atom is -0.315 e. The van der Waals surface area contributed by atoms with Crippen LogP contribution in [0.3, 0.4) is 0 Å². The standard InChI is InChI=1S/C15H23N2/c1-4-10-16-11-12-17-15(13(2)3)14-8-6-5-7-9-14/h5-9,15-17H,1-2,4,10-12H2,3H3. The van der Waals surface area contributed by atoms with Gasteiger partial charge >= 0.3 is 0 Å². The molecule has 93 valence electrons. The monoisotopic (exact) mass is 231 g/mol. The van der Waals surface area contributed by atoms with Crippen molar-refractivity contribution in [3.05, 3.63) is 55.0 Å². The summed E-state index contributed by atoms with van der Waals surface area (Å²) in [7, 11) is 0. The Morgan fingerprint density at radius 1 is 1.18 bits per heavy atom. The summed E-state index contributed by atoms with van der Waals surface area (Å²) in [5, 5.41) is 6.84. The lowest BCUT2D eigenvalue weighted by Crippen LogP contribution is -2.31. The molecule has 0 spiro atoms. The molecule has 1 atom stereocenters. The highest BCUT2D eigenvalue weighted by Gasteiger charge is 2.09. The maximum absolute atomic E-state index is 4.05. The van der Waals surface area contributed by atoms with E-state index < -0.39 is 0 Å². The minimum atomic E-state index is 0.248. The molecule has 0 heterocycles. The third-order valence-electron chi connectivity index (χ3n) is 2.63. The summed E-state index contributed by atoms with van der Waals surface area (Å²) in [5.74, 6) is 0. The van der Waals surface area contributed by atoms with Gasteiger partial charge in [-0.1, -0.05) is 49.4 Å². The number of hydrogen-bond acceptors (Lipinski definition) is 2. The van der Waals surface area contributed by atoms with Gasteiger partial charge in [0.05, 0.1) is 6.04 Å². The molecule has 2 N–H and O–H groups in total. The van der Waals surface area contributed by atoms with E-state index in [2.05, 4.69) is 55.3 Å². The molecule has 1 aromatic carbocycles. The van der Waals surface area contributed by atoms with Gasteiger partial charge in [0.25, 0.3) is 0 Å². The van der Waals surface area contributed by atoms with E-state index in [0.717, 1.165) is 31.6 Å². The summed E-state index contributed by atoms with van der Waals surface area (Å²) >= 11 is 0. The Morgan fingerprint density at radius 2 is 1.88 bits per heavy atom. The third-order valence-corrected chi connectivity index (χ3v) is 2.63. The summed E-state index contributed by atoms with van der Waals surface area (Å²) in [5.41, 5.74) is 2.42. The first-order valence-corrected chi connectivity index (χ1v) is 6.19. The summed E-state index contributed by atoms with van der Waals surface area (Å²) in [4.78, 5) is 0. The first-order chi connectivity index (χ1) is 8.25.